The van der Waals surface area contributed by atoms with Gasteiger partial charge in [0, 0.05) is 41.2 Å². The number of ether oxygens (including phenoxy) is 2. The lowest BCUT2D eigenvalue weighted by Crippen LogP contribution is -2.00. The number of hydrogen-bond acceptors (Lipinski definition) is 8. The van der Waals surface area contributed by atoms with Gasteiger partial charge in [-0.2, -0.15) is 0 Å². The van der Waals surface area contributed by atoms with Crippen molar-refractivity contribution in [2.75, 3.05) is 6.79 Å². The first-order valence-corrected chi connectivity index (χ1v) is 11.0. The van der Waals surface area contributed by atoms with Crippen LogP contribution in [0.25, 0.3) is 22.0 Å². The Morgan fingerprint density at radius 3 is 2.93 bits per heavy atom. The van der Waals surface area contributed by atoms with Crippen LogP contribution < -0.4 is 9.47 Å². The molecule has 0 aliphatic carbocycles. The Hall–Kier alpha value is -2.91. The topological polar surface area (TPSA) is 75.0 Å². The fraction of sp³-hybridized carbons (Fsp3) is 0.200. The molecule has 0 saturated heterocycles. The van der Waals surface area contributed by atoms with Crippen LogP contribution in [-0.4, -0.2) is 31.5 Å². The molecule has 146 valence electrons. The first kappa shape index (κ1) is 18.1. The van der Waals surface area contributed by atoms with Crippen LogP contribution in [0.15, 0.2) is 53.3 Å². The highest BCUT2D eigenvalue weighted by Gasteiger charge is 2.16. The normalized spacial score (nSPS) is 12.4. The number of pyridine rings is 1. The number of benzene rings is 1. The van der Waals surface area contributed by atoms with Gasteiger partial charge in [-0.25, -0.2) is 4.98 Å². The van der Waals surface area contributed by atoms with Crippen molar-refractivity contribution in [1.82, 2.24) is 24.7 Å². The largest absolute Gasteiger partial charge is 0.454 e. The van der Waals surface area contributed by atoms with E-state index in [2.05, 4.69) is 32.1 Å². The number of thioether (sulfide) groups is 1. The quantitative estimate of drug-likeness (QED) is 0.423. The Kier molecular flexibility index (Phi) is 4.91. The molecule has 0 unspecified atom stereocenters. The summed E-state index contributed by atoms with van der Waals surface area (Å²) in [4.78, 5) is 8.95. The SMILES string of the molecule is CCn1c(SCc2csc(-c3ccc4c(c3)OCO4)n2)nnc1-c1cccnc1. The van der Waals surface area contributed by atoms with Gasteiger partial charge in [0.05, 0.1) is 5.69 Å². The van der Waals surface area contributed by atoms with Gasteiger partial charge >= 0.3 is 0 Å². The zero-order valence-corrected chi connectivity index (χ0v) is 17.2. The summed E-state index contributed by atoms with van der Waals surface area (Å²) in [5.74, 6) is 3.12. The number of nitrogens with zero attached hydrogens (tertiary/aromatic N) is 5. The lowest BCUT2D eigenvalue weighted by Gasteiger charge is -2.06. The van der Waals surface area contributed by atoms with Crippen molar-refractivity contribution in [3.05, 3.63) is 53.8 Å². The smallest absolute Gasteiger partial charge is 0.231 e. The summed E-state index contributed by atoms with van der Waals surface area (Å²) in [5, 5.41) is 12.7. The second-order valence-corrected chi connectivity index (χ2v) is 8.09. The van der Waals surface area contributed by atoms with Crippen LogP contribution in [0, 0.1) is 0 Å². The standard InChI is InChI=1S/C20H17N5O2S2/c1-2-25-18(14-4-3-7-21-9-14)23-24-20(25)29-11-15-10-28-19(22-15)13-5-6-16-17(8-13)27-12-26-16/h3-10H,2,11-12H2,1H3. The number of hydrogen-bond donors (Lipinski definition) is 0. The molecule has 7 nitrogen and oxygen atoms in total. The van der Waals surface area contributed by atoms with Gasteiger partial charge < -0.3 is 14.0 Å². The summed E-state index contributed by atoms with van der Waals surface area (Å²) in [5.41, 5.74) is 3.01. The van der Waals surface area contributed by atoms with E-state index >= 15 is 0 Å². The predicted octanol–water partition coefficient (Wildman–Crippen LogP) is 4.50. The summed E-state index contributed by atoms with van der Waals surface area (Å²) in [6, 6.07) is 9.82. The van der Waals surface area contributed by atoms with Gasteiger partial charge in [-0.15, -0.1) is 21.5 Å². The molecule has 0 atom stereocenters. The second-order valence-electron chi connectivity index (χ2n) is 6.29. The van der Waals surface area contributed by atoms with Crippen LogP contribution in [0.5, 0.6) is 11.5 Å². The fourth-order valence-electron chi connectivity index (χ4n) is 3.06. The average molecular weight is 424 g/mol. The Bertz CT molecular complexity index is 1140. The number of fused-ring (bicyclic) bond motifs is 1. The summed E-state index contributed by atoms with van der Waals surface area (Å²) in [7, 11) is 0. The van der Waals surface area contributed by atoms with E-state index < -0.39 is 0 Å². The van der Waals surface area contributed by atoms with Crippen molar-refractivity contribution >= 4 is 23.1 Å². The fourth-order valence-corrected chi connectivity index (χ4v) is 4.88. The molecular weight excluding hydrogens is 406 g/mol. The molecule has 0 spiro atoms. The molecule has 4 aromatic rings. The van der Waals surface area contributed by atoms with Crippen molar-refractivity contribution < 1.29 is 9.47 Å². The van der Waals surface area contributed by atoms with E-state index in [-0.39, 0.29) is 6.79 Å². The Balaban J connectivity index is 1.32. The minimum Gasteiger partial charge on any atom is -0.454 e. The molecule has 29 heavy (non-hydrogen) atoms. The van der Waals surface area contributed by atoms with Crippen molar-refractivity contribution in [1.29, 1.82) is 0 Å². The molecule has 9 heteroatoms. The van der Waals surface area contributed by atoms with E-state index in [0.29, 0.717) is 0 Å². The van der Waals surface area contributed by atoms with Crippen LogP contribution in [-0.2, 0) is 12.3 Å². The molecule has 0 bridgehead atoms. The number of thiazole rings is 1. The van der Waals surface area contributed by atoms with E-state index in [4.69, 9.17) is 14.5 Å². The van der Waals surface area contributed by atoms with E-state index in [1.54, 1.807) is 29.3 Å². The third-order valence-electron chi connectivity index (χ3n) is 4.47. The second kappa shape index (κ2) is 7.84. The van der Waals surface area contributed by atoms with Gasteiger partial charge in [0.15, 0.2) is 22.5 Å². The van der Waals surface area contributed by atoms with Gasteiger partial charge in [0.1, 0.15) is 5.01 Å². The Morgan fingerprint density at radius 1 is 1.14 bits per heavy atom. The van der Waals surface area contributed by atoms with Crippen LogP contribution in [0.2, 0.25) is 0 Å². The van der Waals surface area contributed by atoms with Gasteiger partial charge in [-0.05, 0) is 37.3 Å². The Morgan fingerprint density at radius 2 is 2.07 bits per heavy atom. The van der Waals surface area contributed by atoms with Gasteiger partial charge in [0.25, 0.3) is 0 Å². The first-order valence-electron chi connectivity index (χ1n) is 9.12. The molecule has 0 fully saturated rings. The molecule has 1 aromatic carbocycles. The molecule has 0 saturated carbocycles. The van der Waals surface area contributed by atoms with Gasteiger partial charge in [0.2, 0.25) is 6.79 Å². The summed E-state index contributed by atoms with van der Waals surface area (Å²) >= 11 is 3.26. The maximum Gasteiger partial charge on any atom is 0.231 e. The van der Waals surface area contributed by atoms with Crippen LogP contribution in [0.1, 0.15) is 12.6 Å². The summed E-state index contributed by atoms with van der Waals surface area (Å²) in [6.07, 6.45) is 3.56. The minimum absolute atomic E-state index is 0.275. The van der Waals surface area contributed by atoms with Gasteiger partial charge in [-0.1, -0.05) is 11.8 Å². The molecule has 0 amide bonds. The van der Waals surface area contributed by atoms with E-state index in [0.717, 1.165) is 56.6 Å². The minimum atomic E-state index is 0.275. The maximum atomic E-state index is 5.47. The lowest BCUT2D eigenvalue weighted by atomic mass is 10.2. The lowest BCUT2D eigenvalue weighted by molar-refractivity contribution is 0.174. The van der Waals surface area contributed by atoms with Crippen molar-refractivity contribution in [2.45, 2.75) is 24.4 Å². The molecule has 0 N–H and O–H groups in total. The number of aromatic nitrogens is 5. The summed E-state index contributed by atoms with van der Waals surface area (Å²) < 4.78 is 12.9. The van der Waals surface area contributed by atoms with Crippen LogP contribution in [0.3, 0.4) is 0 Å². The molecule has 1 aliphatic rings. The highest BCUT2D eigenvalue weighted by molar-refractivity contribution is 7.98. The van der Waals surface area contributed by atoms with E-state index in [9.17, 15) is 0 Å². The highest BCUT2D eigenvalue weighted by atomic mass is 32.2. The molecule has 0 radical (unpaired) electrons. The third kappa shape index (κ3) is 3.58. The maximum absolute atomic E-state index is 5.47. The van der Waals surface area contributed by atoms with E-state index in [1.165, 1.54) is 0 Å². The molecule has 1 aliphatic heterocycles. The van der Waals surface area contributed by atoms with E-state index in [1.807, 2.05) is 36.5 Å². The van der Waals surface area contributed by atoms with Crippen molar-refractivity contribution in [2.24, 2.45) is 0 Å². The van der Waals surface area contributed by atoms with Gasteiger partial charge in [-0.3, -0.25) is 4.98 Å². The molecule has 5 rings (SSSR count). The Labute approximate surface area is 175 Å². The highest BCUT2D eigenvalue weighted by Crippen LogP contribution is 2.37. The predicted molar refractivity (Wildman–Crippen MR) is 112 cm³/mol. The summed E-state index contributed by atoms with van der Waals surface area (Å²) in [6.45, 7) is 3.16. The van der Waals surface area contributed by atoms with Crippen molar-refractivity contribution in [3.8, 4) is 33.5 Å². The first-order chi connectivity index (χ1) is 14.3. The van der Waals surface area contributed by atoms with Crippen molar-refractivity contribution in [3.63, 3.8) is 0 Å². The average Bonchev–Trinajstić information content (AvgIpc) is 3.51. The monoisotopic (exact) mass is 423 g/mol. The zero-order chi connectivity index (χ0) is 19.6. The number of rotatable bonds is 6. The van der Waals surface area contributed by atoms with Crippen LogP contribution in [0.4, 0.5) is 0 Å². The third-order valence-corrected chi connectivity index (χ3v) is 6.41. The van der Waals surface area contributed by atoms with Crippen LogP contribution >= 0.6 is 23.1 Å². The molecule has 4 heterocycles. The molecular formula is C20H17N5O2S2. The molecule has 3 aromatic heterocycles. The zero-order valence-electron chi connectivity index (χ0n) is 15.6.